The number of nitrogens with zero attached hydrogens (tertiary/aromatic N) is 2. The molecule has 1 aromatic carbocycles. The van der Waals surface area contributed by atoms with Gasteiger partial charge in [0.1, 0.15) is 5.75 Å². The molecule has 0 saturated carbocycles. The van der Waals surface area contributed by atoms with Crippen LogP contribution in [0.25, 0.3) is 6.08 Å². The van der Waals surface area contributed by atoms with Gasteiger partial charge in [0.05, 0.1) is 19.9 Å². The van der Waals surface area contributed by atoms with Gasteiger partial charge in [0.25, 0.3) is 0 Å². The van der Waals surface area contributed by atoms with E-state index in [0.717, 1.165) is 18.8 Å². The number of unbranched alkanes of at least 4 members (excludes halogenated alkanes) is 2. The highest BCUT2D eigenvalue weighted by Crippen LogP contribution is 2.16. The maximum absolute atomic E-state index is 5.16. The lowest BCUT2D eigenvalue weighted by Gasteiger charge is -2.12. The molecular weight excluding hydrogens is 236 g/mol. The Labute approximate surface area is 115 Å². The molecule has 0 fully saturated rings. The van der Waals surface area contributed by atoms with Crippen molar-refractivity contribution in [2.75, 3.05) is 20.2 Å². The topological polar surface area (TPSA) is 24.8 Å². The Hall–Kier alpha value is -1.77. The Balaban J connectivity index is 1.89. The number of methoxy groups -OCH3 is 1. The summed E-state index contributed by atoms with van der Waals surface area (Å²) in [6.07, 6.45) is 7.91. The van der Waals surface area contributed by atoms with Gasteiger partial charge in [-0.05, 0) is 35.8 Å². The lowest BCUT2D eigenvalue weighted by molar-refractivity contribution is 0.323. The van der Waals surface area contributed by atoms with Crippen LogP contribution in [0.15, 0.2) is 34.9 Å². The number of ether oxygens (including phenoxy) is 1. The van der Waals surface area contributed by atoms with Crippen molar-refractivity contribution in [3.05, 3.63) is 35.4 Å². The fourth-order valence-electron chi connectivity index (χ4n) is 2.13. The summed E-state index contributed by atoms with van der Waals surface area (Å²) in [4.78, 5) is 0. The van der Waals surface area contributed by atoms with Gasteiger partial charge in [0.2, 0.25) is 0 Å². The Morgan fingerprint density at radius 1 is 1.26 bits per heavy atom. The third-order valence-corrected chi connectivity index (χ3v) is 3.24. The zero-order valence-corrected chi connectivity index (χ0v) is 11.8. The van der Waals surface area contributed by atoms with Crippen molar-refractivity contribution in [2.45, 2.75) is 26.2 Å². The van der Waals surface area contributed by atoms with Crippen LogP contribution in [0.1, 0.15) is 31.7 Å². The summed E-state index contributed by atoms with van der Waals surface area (Å²) in [5.41, 5.74) is 2.46. The summed E-state index contributed by atoms with van der Waals surface area (Å²) in [5.74, 6) is 0.892. The van der Waals surface area contributed by atoms with E-state index in [0.29, 0.717) is 0 Å². The Morgan fingerprint density at radius 2 is 2.05 bits per heavy atom. The molecule has 0 atom stereocenters. The minimum Gasteiger partial charge on any atom is -0.497 e. The maximum Gasteiger partial charge on any atom is 0.118 e. The van der Waals surface area contributed by atoms with Gasteiger partial charge in [0.15, 0.2) is 0 Å². The van der Waals surface area contributed by atoms with E-state index in [4.69, 9.17) is 4.74 Å². The molecule has 0 amide bonds. The van der Waals surface area contributed by atoms with E-state index in [1.54, 1.807) is 7.11 Å². The Bertz CT molecular complexity index is 448. The first-order chi connectivity index (χ1) is 9.31. The monoisotopic (exact) mass is 258 g/mol. The highest BCUT2D eigenvalue weighted by Gasteiger charge is 2.09. The summed E-state index contributed by atoms with van der Waals surface area (Å²) < 4.78 is 5.16. The summed E-state index contributed by atoms with van der Waals surface area (Å²) in [6.45, 7) is 4.21. The number of benzene rings is 1. The normalized spacial score (nSPS) is 16.3. The van der Waals surface area contributed by atoms with Gasteiger partial charge < -0.3 is 4.74 Å². The van der Waals surface area contributed by atoms with Crippen molar-refractivity contribution in [3.63, 3.8) is 0 Å². The molecule has 0 aliphatic carbocycles. The van der Waals surface area contributed by atoms with Gasteiger partial charge in [-0.1, -0.05) is 31.9 Å². The first-order valence-electron chi connectivity index (χ1n) is 6.95. The first-order valence-corrected chi connectivity index (χ1v) is 6.95. The molecule has 3 heteroatoms. The fourth-order valence-corrected chi connectivity index (χ4v) is 2.13. The number of hydrazone groups is 1. The maximum atomic E-state index is 5.16. The molecule has 0 spiro atoms. The van der Waals surface area contributed by atoms with E-state index < -0.39 is 0 Å². The van der Waals surface area contributed by atoms with E-state index in [1.807, 2.05) is 18.3 Å². The highest BCUT2D eigenvalue weighted by molar-refractivity contribution is 5.87. The van der Waals surface area contributed by atoms with E-state index >= 15 is 0 Å². The standard InChI is InChI=1S/C16H22N2O/c1-3-4-5-10-18-13-15(12-17-18)11-14-6-8-16(19-2)9-7-14/h6-9,11-12H,3-5,10,13H2,1-2H3. The van der Waals surface area contributed by atoms with Crippen molar-refractivity contribution in [3.8, 4) is 5.75 Å². The zero-order valence-electron chi connectivity index (χ0n) is 11.8. The predicted octanol–water partition coefficient (Wildman–Crippen LogP) is 3.57. The van der Waals surface area contributed by atoms with Crippen LogP contribution in [-0.2, 0) is 0 Å². The van der Waals surface area contributed by atoms with Crippen molar-refractivity contribution in [1.82, 2.24) is 5.01 Å². The van der Waals surface area contributed by atoms with E-state index in [2.05, 4.69) is 35.2 Å². The average Bonchev–Trinajstić information content (AvgIpc) is 2.88. The second-order valence-electron chi connectivity index (χ2n) is 4.83. The average molecular weight is 258 g/mol. The third kappa shape index (κ3) is 4.12. The molecule has 0 radical (unpaired) electrons. The summed E-state index contributed by atoms with van der Waals surface area (Å²) >= 11 is 0. The molecule has 1 aliphatic heterocycles. The van der Waals surface area contributed by atoms with Crippen LogP contribution in [0, 0.1) is 0 Å². The molecule has 0 unspecified atom stereocenters. The van der Waals surface area contributed by atoms with E-state index in [-0.39, 0.29) is 0 Å². The van der Waals surface area contributed by atoms with Gasteiger partial charge in [-0.2, -0.15) is 5.10 Å². The predicted molar refractivity (Wildman–Crippen MR) is 80.6 cm³/mol. The molecule has 1 aromatic rings. The van der Waals surface area contributed by atoms with Gasteiger partial charge in [-0.3, -0.25) is 5.01 Å². The van der Waals surface area contributed by atoms with Crippen molar-refractivity contribution in [1.29, 1.82) is 0 Å². The van der Waals surface area contributed by atoms with Crippen LogP contribution < -0.4 is 4.74 Å². The molecule has 1 aliphatic rings. The molecule has 3 nitrogen and oxygen atoms in total. The molecule has 0 aromatic heterocycles. The van der Waals surface area contributed by atoms with Gasteiger partial charge in [0, 0.05) is 6.54 Å². The second kappa shape index (κ2) is 6.98. The van der Waals surface area contributed by atoms with Crippen molar-refractivity contribution < 1.29 is 4.74 Å². The molecule has 2 rings (SSSR count). The second-order valence-corrected chi connectivity index (χ2v) is 4.83. The zero-order chi connectivity index (χ0) is 13.5. The smallest absolute Gasteiger partial charge is 0.118 e. The summed E-state index contributed by atoms with van der Waals surface area (Å²) in [6, 6.07) is 8.11. The van der Waals surface area contributed by atoms with E-state index in [9.17, 15) is 0 Å². The summed E-state index contributed by atoms with van der Waals surface area (Å²) in [7, 11) is 1.69. The molecule has 1 heterocycles. The van der Waals surface area contributed by atoms with Crippen LogP contribution >= 0.6 is 0 Å². The van der Waals surface area contributed by atoms with Gasteiger partial charge in [-0.25, -0.2) is 0 Å². The molecule has 102 valence electrons. The fraction of sp³-hybridized carbons (Fsp3) is 0.438. The van der Waals surface area contributed by atoms with Crippen LogP contribution in [-0.4, -0.2) is 31.4 Å². The minimum atomic E-state index is 0.892. The molecule has 0 saturated heterocycles. The molecule has 19 heavy (non-hydrogen) atoms. The van der Waals surface area contributed by atoms with E-state index in [1.165, 1.54) is 30.4 Å². The van der Waals surface area contributed by atoms with Crippen LogP contribution in [0.5, 0.6) is 5.75 Å². The number of hydrogen-bond acceptors (Lipinski definition) is 3. The Morgan fingerprint density at radius 3 is 2.74 bits per heavy atom. The van der Waals surface area contributed by atoms with Crippen LogP contribution in [0.4, 0.5) is 0 Å². The lowest BCUT2D eigenvalue weighted by atomic mass is 10.1. The van der Waals surface area contributed by atoms with Crippen LogP contribution in [0.3, 0.4) is 0 Å². The first kappa shape index (κ1) is 13.7. The summed E-state index contributed by atoms with van der Waals surface area (Å²) in [5, 5.41) is 6.58. The number of rotatable bonds is 6. The van der Waals surface area contributed by atoms with Gasteiger partial charge in [-0.15, -0.1) is 0 Å². The lowest BCUT2D eigenvalue weighted by Crippen LogP contribution is -2.16. The third-order valence-electron chi connectivity index (χ3n) is 3.24. The van der Waals surface area contributed by atoms with Crippen molar-refractivity contribution >= 4 is 12.3 Å². The largest absolute Gasteiger partial charge is 0.497 e. The number of hydrogen-bond donors (Lipinski definition) is 0. The minimum absolute atomic E-state index is 0.892. The van der Waals surface area contributed by atoms with Crippen molar-refractivity contribution in [2.24, 2.45) is 5.10 Å². The quantitative estimate of drug-likeness (QED) is 0.729. The Kier molecular flexibility index (Phi) is 5.01. The molecule has 0 bridgehead atoms. The van der Waals surface area contributed by atoms with Crippen LogP contribution in [0.2, 0.25) is 0 Å². The van der Waals surface area contributed by atoms with Gasteiger partial charge >= 0.3 is 0 Å². The SMILES string of the molecule is CCCCCN1CC(=Cc2ccc(OC)cc2)C=N1. The molecule has 0 N–H and O–H groups in total. The molecular formula is C16H22N2O. The highest BCUT2D eigenvalue weighted by atomic mass is 16.5.